The van der Waals surface area contributed by atoms with Crippen molar-refractivity contribution in [2.75, 3.05) is 18.0 Å². The minimum atomic E-state index is -0.364. The van der Waals surface area contributed by atoms with Crippen molar-refractivity contribution in [3.63, 3.8) is 0 Å². The zero-order valence-corrected chi connectivity index (χ0v) is 16.5. The van der Waals surface area contributed by atoms with E-state index in [0.717, 1.165) is 0 Å². The van der Waals surface area contributed by atoms with E-state index in [1.165, 1.54) is 16.7 Å². The molecule has 0 radical (unpaired) electrons. The van der Waals surface area contributed by atoms with Crippen LogP contribution in [0.2, 0.25) is 5.15 Å². The average Bonchev–Trinajstić information content (AvgIpc) is 2.71. The molecule has 0 N–H and O–H groups in total. The predicted octanol–water partition coefficient (Wildman–Crippen LogP) is 3.65. The van der Waals surface area contributed by atoms with Gasteiger partial charge >= 0.3 is 0 Å². The Morgan fingerprint density at radius 3 is 2.72 bits per heavy atom. The van der Waals surface area contributed by atoms with Crippen molar-refractivity contribution in [1.82, 2.24) is 9.55 Å². The highest BCUT2D eigenvalue weighted by Crippen LogP contribution is 2.31. The molecule has 1 aliphatic heterocycles. The number of aromatic nitrogens is 2. The molecule has 1 saturated heterocycles. The van der Waals surface area contributed by atoms with Crippen molar-refractivity contribution in [2.24, 2.45) is 7.05 Å². The van der Waals surface area contributed by atoms with Crippen LogP contribution in [0.5, 0.6) is 5.75 Å². The Kier molecular flexibility index (Phi) is 5.12. The summed E-state index contributed by atoms with van der Waals surface area (Å²) in [7, 11) is 1.62. The fourth-order valence-electron chi connectivity index (χ4n) is 3.71. The molecule has 148 valence electrons. The number of nitriles is 1. The predicted molar refractivity (Wildman–Crippen MR) is 109 cm³/mol. The van der Waals surface area contributed by atoms with Crippen molar-refractivity contribution in [3.05, 3.63) is 63.3 Å². The fraction of sp³-hybridized carbons (Fsp3) is 0.286. The van der Waals surface area contributed by atoms with Gasteiger partial charge in [0.25, 0.3) is 5.56 Å². The van der Waals surface area contributed by atoms with Gasteiger partial charge in [0.2, 0.25) is 0 Å². The van der Waals surface area contributed by atoms with E-state index in [1.807, 2.05) is 11.0 Å². The minimum Gasteiger partial charge on any atom is -0.490 e. The molecule has 0 unspecified atom stereocenters. The number of anilines is 1. The lowest BCUT2D eigenvalue weighted by atomic mass is 10.0. The first-order chi connectivity index (χ1) is 14.0. The molecule has 6 nitrogen and oxygen atoms in total. The molecular weight excluding hydrogens is 395 g/mol. The Balaban J connectivity index is 1.64. The molecule has 0 bridgehead atoms. The molecule has 0 amide bonds. The maximum Gasteiger partial charge on any atom is 0.270 e. The standard InChI is InChI=1S/C21H18ClFN4O2/c1-26-17-5-6-18(22)25-19(17)20(16(12-24)21(26)28)27-9-7-14(8-10-27)29-15-4-2-3-13(23)11-15/h2-6,11,14H,7-10H2,1H3. The van der Waals surface area contributed by atoms with Gasteiger partial charge in [-0.2, -0.15) is 5.26 Å². The summed E-state index contributed by atoms with van der Waals surface area (Å²) < 4.78 is 20.7. The van der Waals surface area contributed by atoms with Crippen LogP contribution in [0.4, 0.5) is 10.1 Å². The van der Waals surface area contributed by atoms with Crippen LogP contribution in [0.25, 0.3) is 11.0 Å². The number of halogens is 2. The number of piperidine rings is 1. The first-order valence-electron chi connectivity index (χ1n) is 9.24. The van der Waals surface area contributed by atoms with Crippen LogP contribution in [-0.4, -0.2) is 28.7 Å². The maximum absolute atomic E-state index is 13.4. The number of ether oxygens (including phenoxy) is 1. The third kappa shape index (κ3) is 3.64. The number of benzene rings is 1. The topological polar surface area (TPSA) is 71.2 Å². The van der Waals surface area contributed by atoms with Crippen molar-refractivity contribution >= 4 is 28.3 Å². The molecule has 0 spiro atoms. The highest BCUT2D eigenvalue weighted by Gasteiger charge is 2.27. The van der Waals surface area contributed by atoms with E-state index in [9.17, 15) is 14.4 Å². The fourth-order valence-corrected chi connectivity index (χ4v) is 3.86. The molecule has 2 aromatic heterocycles. The Morgan fingerprint density at radius 2 is 2.03 bits per heavy atom. The summed E-state index contributed by atoms with van der Waals surface area (Å²) in [6.45, 7) is 1.15. The lowest BCUT2D eigenvalue weighted by Gasteiger charge is -2.34. The van der Waals surface area contributed by atoms with E-state index >= 15 is 0 Å². The van der Waals surface area contributed by atoms with Gasteiger partial charge in [0, 0.05) is 39.0 Å². The van der Waals surface area contributed by atoms with Gasteiger partial charge in [-0.05, 0) is 24.3 Å². The second-order valence-electron chi connectivity index (χ2n) is 6.96. The smallest absolute Gasteiger partial charge is 0.270 e. The van der Waals surface area contributed by atoms with Gasteiger partial charge in [0.1, 0.15) is 40.0 Å². The van der Waals surface area contributed by atoms with E-state index < -0.39 is 0 Å². The summed E-state index contributed by atoms with van der Waals surface area (Å²) in [4.78, 5) is 19.1. The molecule has 4 rings (SSSR count). The normalized spacial score (nSPS) is 14.8. The molecule has 1 fully saturated rings. The zero-order valence-electron chi connectivity index (χ0n) is 15.7. The van der Waals surface area contributed by atoms with E-state index in [1.54, 1.807) is 31.3 Å². The highest BCUT2D eigenvalue weighted by atomic mass is 35.5. The molecule has 0 saturated carbocycles. The van der Waals surface area contributed by atoms with Crippen molar-refractivity contribution in [1.29, 1.82) is 5.26 Å². The summed E-state index contributed by atoms with van der Waals surface area (Å²) in [6.07, 6.45) is 1.25. The minimum absolute atomic E-state index is 0.0549. The van der Waals surface area contributed by atoms with E-state index in [0.29, 0.717) is 53.6 Å². The number of hydrogen-bond donors (Lipinski definition) is 0. The van der Waals surface area contributed by atoms with Crippen LogP contribution in [0.3, 0.4) is 0 Å². The third-order valence-corrected chi connectivity index (χ3v) is 5.36. The number of fused-ring (bicyclic) bond motifs is 1. The first-order valence-corrected chi connectivity index (χ1v) is 9.62. The lowest BCUT2D eigenvalue weighted by Crippen LogP contribution is -2.40. The molecular formula is C21H18ClFN4O2. The molecule has 0 atom stereocenters. The van der Waals surface area contributed by atoms with Crippen LogP contribution < -0.4 is 15.2 Å². The van der Waals surface area contributed by atoms with Gasteiger partial charge in [0.05, 0.1) is 11.2 Å². The zero-order chi connectivity index (χ0) is 20.5. The summed E-state index contributed by atoms with van der Waals surface area (Å²) in [5.41, 5.74) is 1.35. The summed E-state index contributed by atoms with van der Waals surface area (Å²) in [6, 6.07) is 11.5. The van der Waals surface area contributed by atoms with Crippen LogP contribution in [0, 0.1) is 17.1 Å². The summed E-state index contributed by atoms with van der Waals surface area (Å²) in [5, 5.41) is 9.94. The van der Waals surface area contributed by atoms with Gasteiger partial charge in [-0.25, -0.2) is 9.37 Å². The number of hydrogen-bond acceptors (Lipinski definition) is 5. The Bertz CT molecular complexity index is 1180. The first kappa shape index (κ1) is 19.2. The largest absolute Gasteiger partial charge is 0.490 e. The lowest BCUT2D eigenvalue weighted by molar-refractivity contribution is 0.170. The molecule has 3 heterocycles. The maximum atomic E-state index is 13.4. The number of aryl methyl sites for hydroxylation is 1. The monoisotopic (exact) mass is 412 g/mol. The average molecular weight is 413 g/mol. The van der Waals surface area contributed by atoms with Gasteiger partial charge in [0.15, 0.2) is 0 Å². The van der Waals surface area contributed by atoms with Crippen molar-refractivity contribution in [3.8, 4) is 11.8 Å². The second-order valence-corrected chi connectivity index (χ2v) is 7.35. The molecule has 0 aliphatic carbocycles. The highest BCUT2D eigenvalue weighted by molar-refractivity contribution is 6.29. The number of nitrogens with zero attached hydrogens (tertiary/aromatic N) is 4. The Morgan fingerprint density at radius 1 is 1.28 bits per heavy atom. The Hall–Kier alpha value is -3.11. The Labute approximate surface area is 171 Å². The van der Waals surface area contributed by atoms with Crippen LogP contribution in [-0.2, 0) is 7.05 Å². The molecule has 3 aromatic rings. The third-order valence-electron chi connectivity index (χ3n) is 5.15. The van der Waals surface area contributed by atoms with E-state index in [2.05, 4.69) is 4.98 Å². The van der Waals surface area contributed by atoms with Crippen LogP contribution >= 0.6 is 11.6 Å². The van der Waals surface area contributed by atoms with Crippen LogP contribution in [0.1, 0.15) is 18.4 Å². The van der Waals surface area contributed by atoms with Crippen molar-refractivity contribution < 1.29 is 9.13 Å². The van der Waals surface area contributed by atoms with Gasteiger partial charge in [-0.1, -0.05) is 17.7 Å². The van der Waals surface area contributed by atoms with Gasteiger partial charge in [-0.15, -0.1) is 0 Å². The van der Waals surface area contributed by atoms with Gasteiger partial charge < -0.3 is 14.2 Å². The van der Waals surface area contributed by atoms with Crippen LogP contribution in [0.15, 0.2) is 41.2 Å². The van der Waals surface area contributed by atoms with E-state index in [-0.39, 0.29) is 23.0 Å². The van der Waals surface area contributed by atoms with Gasteiger partial charge in [-0.3, -0.25) is 4.79 Å². The number of rotatable bonds is 3. The quantitative estimate of drug-likeness (QED) is 0.614. The molecule has 1 aliphatic rings. The summed E-state index contributed by atoms with van der Waals surface area (Å²) >= 11 is 6.09. The molecule has 8 heteroatoms. The summed E-state index contributed by atoms with van der Waals surface area (Å²) in [5.74, 6) is 0.154. The van der Waals surface area contributed by atoms with E-state index in [4.69, 9.17) is 16.3 Å². The second kappa shape index (κ2) is 7.72. The van der Waals surface area contributed by atoms with Crippen molar-refractivity contribution in [2.45, 2.75) is 18.9 Å². The molecule has 29 heavy (non-hydrogen) atoms. The SMILES string of the molecule is Cn1c(=O)c(C#N)c(N2CCC(Oc3cccc(F)c3)CC2)c2nc(Cl)ccc21. The molecule has 1 aromatic carbocycles. The number of pyridine rings is 2.